The monoisotopic (exact) mass is 281 g/mol. The molecule has 100 valence electrons. The van der Waals surface area contributed by atoms with Crippen molar-refractivity contribution in [2.24, 2.45) is 0 Å². The van der Waals surface area contributed by atoms with Gasteiger partial charge in [0.1, 0.15) is 11.6 Å². The van der Waals surface area contributed by atoms with Gasteiger partial charge in [0.25, 0.3) is 0 Å². The highest BCUT2D eigenvalue weighted by Gasteiger charge is 2.13. The fourth-order valence-corrected chi connectivity index (χ4v) is 1.93. The standard InChI is InChI=1S/C14H13ClFNO2/c15-10-7-9(5-6-14(10)19)13(8-18)17-12-4-2-1-3-11(12)16/h1-7,13,17-19H,8H2. The fraction of sp³-hybridized carbons (Fsp3) is 0.143. The van der Waals surface area contributed by atoms with Crippen molar-refractivity contribution in [3.05, 3.63) is 58.9 Å². The number of nitrogens with one attached hydrogen (secondary N) is 1. The Morgan fingerprint density at radius 3 is 2.58 bits per heavy atom. The van der Waals surface area contributed by atoms with Crippen LogP contribution in [-0.2, 0) is 0 Å². The number of rotatable bonds is 4. The van der Waals surface area contributed by atoms with Crippen molar-refractivity contribution in [1.82, 2.24) is 0 Å². The predicted octanol–water partition coefficient (Wildman–Crippen LogP) is 3.33. The molecule has 0 aliphatic carbocycles. The van der Waals surface area contributed by atoms with Crippen molar-refractivity contribution in [3.8, 4) is 5.75 Å². The van der Waals surface area contributed by atoms with Gasteiger partial charge in [-0.2, -0.15) is 0 Å². The third-order valence-corrected chi connectivity index (χ3v) is 3.06. The summed E-state index contributed by atoms with van der Waals surface area (Å²) in [6, 6.07) is 10.3. The first-order valence-electron chi connectivity index (χ1n) is 5.72. The van der Waals surface area contributed by atoms with Crippen LogP contribution in [0.3, 0.4) is 0 Å². The van der Waals surface area contributed by atoms with Crippen LogP contribution in [0, 0.1) is 5.82 Å². The Labute approximate surface area is 115 Å². The van der Waals surface area contributed by atoms with Crippen molar-refractivity contribution in [2.45, 2.75) is 6.04 Å². The molecule has 0 aromatic heterocycles. The predicted molar refractivity (Wildman–Crippen MR) is 73.0 cm³/mol. The smallest absolute Gasteiger partial charge is 0.146 e. The number of halogens is 2. The molecule has 0 heterocycles. The van der Waals surface area contributed by atoms with E-state index in [2.05, 4.69) is 5.32 Å². The average molecular weight is 282 g/mol. The summed E-state index contributed by atoms with van der Waals surface area (Å²) in [7, 11) is 0. The van der Waals surface area contributed by atoms with Gasteiger partial charge in [-0.3, -0.25) is 0 Å². The number of aliphatic hydroxyl groups excluding tert-OH is 1. The summed E-state index contributed by atoms with van der Waals surface area (Å²) in [6.07, 6.45) is 0. The van der Waals surface area contributed by atoms with Crippen molar-refractivity contribution in [2.75, 3.05) is 11.9 Å². The Balaban J connectivity index is 2.25. The Morgan fingerprint density at radius 1 is 1.21 bits per heavy atom. The second-order valence-corrected chi connectivity index (χ2v) is 4.48. The molecule has 2 aromatic carbocycles. The van der Waals surface area contributed by atoms with Gasteiger partial charge in [0, 0.05) is 0 Å². The second kappa shape index (κ2) is 5.91. The molecular formula is C14H13ClFNO2. The Morgan fingerprint density at radius 2 is 1.95 bits per heavy atom. The molecule has 0 radical (unpaired) electrons. The van der Waals surface area contributed by atoms with Crippen LogP contribution in [-0.4, -0.2) is 16.8 Å². The van der Waals surface area contributed by atoms with Gasteiger partial charge in [0.2, 0.25) is 0 Å². The minimum Gasteiger partial charge on any atom is -0.506 e. The molecule has 3 nitrogen and oxygen atoms in total. The number of anilines is 1. The lowest BCUT2D eigenvalue weighted by Gasteiger charge is -2.19. The Hall–Kier alpha value is -1.78. The maximum Gasteiger partial charge on any atom is 0.146 e. The molecule has 2 aromatic rings. The van der Waals surface area contributed by atoms with Gasteiger partial charge in [-0.1, -0.05) is 29.8 Å². The van der Waals surface area contributed by atoms with Gasteiger partial charge >= 0.3 is 0 Å². The summed E-state index contributed by atoms with van der Waals surface area (Å²) >= 11 is 5.82. The molecule has 0 aliphatic heterocycles. The van der Waals surface area contributed by atoms with Gasteiger partial charge in [0.15, 0.2) is 0 Å². The van der Waals surface area contributed by atoms with E-state index in [-0.39, 0.29) is 17.4 Å². The minimum atomic E-state index is -0.505. The topological polar surface area (TPSA) is 52.5 Å². The van der Waals surface area contributed by atoms with Crippen molar-refractivity contribution >= 4 is 17.3 Å². The molecule has 3 N–H and O–H groups in total. The molecule has 0 fully saturated rings. The van der Waals surface area contributed by atoms with Crippen LogP contribution in [0.4, 0.5) is 10.1 Å². The third-order valence-electron chi connectivity index (χ3n) is 2.76. The van der Waals surface area contributed by atoms with Crippen molar-refractivity contribution in [3.63, 3.8) is 0 Å². The van der Waals surface area contributed by atoms with Gasteiger partial charge < -0.3 is 15.5 Å². The van der Waals surface area contributed by atoms with E-state index >= 15 is 0 Å². The number of hydrogen-bond acceptors (Lipinski definition) is 3. The van der Waals surface area contributed by atoms with Gasteiger partial charge in [-0.05, 0) is 29.8 Å². The highest BCUT2D eigenvalue weighted by atomic mass is 35.5. The number of benzene rings is 2. The van der Waals surface area contributed by atoms with Crippen LogP contribution in [0.1, 0.15) is 11.6 Å². The normalized spacial score (nSPS) is 12.2. The molecule has 0 aliphatic rings. The molecule has 2 rings (SSSR count). The lowest BCUT2D eigenvalue weighted by Crippen LogP contribution is -2.15. The molecule has 0 amide bonds. The van der Waals surface area contributed by atoms with Crippen LogP contribution in [0.2, 0.25) is 5.02 Å². The molecule has 5 heteroatoms. The van der Waals surface area contributed by atoms with E-state index in [1.54, 1.807) is 24.3 Å². The SMILES string of the molecule is OCC(Nc1ccccc1F)c1ccc(O)c(Cl)c1. The van der Waals surface area contributed by atoms with Crippen LogP contribution in [0.25, 0.3) is 0 Å². The summed E-state index contributed by atoms with van der Waals surface area (Å²) in [5.41, 5.74) is 0.958. The van der Waals surface area contributed by atoms with Crippen molar-refractivity contribution < 1.29 is 14.6 Å². The van der Waals surface area contributed by atoms with Gasteiger partial charge in [0.05, 0.1) is 23.4 Å². The van der Waals surface area contributed by atoms with Gasteiger partial charge in [-0.25, -0.2) is 4.39 Å². The van der Waals surface area contributed by atoms with E-state index in [0.29, 0.717) is 11.3 Å². The lowest BCUT2D eigenvalue weighted by molar-refractivity contribution is 0.276. The zero-order valence-corrected chi connectivity index (χ0v) is 10.7. The van der Waals surface area contributed by atoms with E-state index in [1.165, 1.54) is 18.2 Å². The average Bonchev–Trinajstić information content (AvgIpc) is 2.41. The Bertz CT molecular complexity index is 577. The molecule has 1 unspecified atom stereocenters. The summed E-state index contributed by atoms with van der Waals surface area (Å²) in [5, 5.41) is 21.8. The molecular weight excluding hydrogens is 269 g/mol. The van der Waals surface area contributed by atoms with E-state index in [9.17, 15) is 14.6 Å². The van der Waals surface area contributed by atoms with Gasteiger partial charge in [-0.15, -0.1) is 0 Å². The first-order valence-corrected chi connectivity index (χ1v) is 6.10. The number of aliphatic hydroxyl groups is 1. The molecule has 19 heavy (non-hydrogen) atoms. The quantitative estimate of drug-likeness (QED) is 0.806. The molecule has 0 saturated heterocycles. The van der Waals surface area contributed by atoms with E-state index in [0.717, 1.165) is 0 Å². The minimum absolute atomic E-state index is 0.0343. The second-order valence-electron chi connectivity index (χ2n) is 4.07. The van der Waals surface area contributed by atoms with E-state index in [4.69, 9.17) is 11.6 Å². The maximum absolute atomic E-state index is 13.5. The summed E-state index contributed by atoms with van der Waals surface area (Å²) in [4.78, 5) is 0. The van der Waals surface area contributed by atoms with Crippen LogP contribution in [0.5, 0.6) is 5.75 Å². The largest absolute Gasteiger partial charge is 0.506 e. The van der Waals surface area contributed by atoms with Crippen LogP contribution < -0.4 is 5.32 Å². The zero-order chi connectivity index (χ0) is 13.8. The maximum atomic E-state index is 13.5. The van der Waals surface area contributed by atoms with E-state index < -0.39 is 11.9 Å². The number of para-hydroxylation sites is 1. The van der Waals surface area contributed by atoms with Crippen LogP contribution in [0.15, 0.2) is 42.5 Å². The number of aromatic hydroxyl groups is 1. The molecule has 1 atom stereocenters. The molecule has 0 saturated carbocycles. The van der Waals surface area contributed by atoms with E-state index in [1.807, 2.05) is 0 Å². The Kier molecular flexibility index (Phi) is 4.24. The molecule has 0 bridgehead atoms. The highest BCUT2D eigenvalue weighted by molar-refractivity contribution is 6.32. The first kappa shape index (κ1) is 13.6. The number of phenolic OH excluding ortho intramolecular Hbond substituents is 1. The third kappa shape index (κ3) is 3.16. The number of phenols is 1. The van der Waals surface area contributed by atoms with Crippen LogP contribution >= 0.6 is 11.6 Å². The summed E-state index contributed by atoms with van der Waals surface area (Å²) < 4.78 is 13.5. The van der Waals surface area contributed by atoms with Crippen molar-refractivity contribution in [1.29, 1.82) is 0 Å². The highest BCUT2D eigenvalue weighted by Crippen LogP contribution is 2.28. The lowest BCUT2D eigenvalue weighted by atomic mass is 10.1. The fourth-order valence-electron chi connectivity index (χ4n) is 1.74. The first-order chi connectivity index (χ1) is 9.11. The summed E-state index contributed by atoms with van der Waals surface area (Å²) in [5.74, 6) is -0.432. The summed E-state index contributed by atoms with van der Waals surface area (Å²) in [6.45, 7) is -0.227. The number of hydrogen-bond donors (Lipinski definition) is 3. The molecule has 0 spiro atoms. The zero-order valence-electron chi connectivity index (χ0n) is 9.98.